The third-order valence-electron chi connectivity index (χ3n) is 3.71. The van der Waals surface area contributed by atoms with Gasteiger partial charge in [0.1, 0.15) is 11.0 Å². The minimum Gasteiger partial charge on any atom is -0.366 e. The molecule has 4 nitrogen and oxygen atoms in total. The molecule has 2 aliphatic rings. The summed E-state index contributed by atoms with van der Waals surface area (Å²) in [6, 6.07) is 1.11. The third-order valence-corrected chi connectivity index (χ3v) is 3.89. The van der Waals surface area contributed by atoms with Crippen molar-refractivity contribution >= 4 is 17.4 Å². The smallest absolute Gasteiger partial charge is 0.149 e. The minimum atomic E-state index is 0.447. The lowest BCUT2D eigenvalue weighted by molar-refractivity contribution is 0.704. The summed E-state index contributed by atoms with van der Waals surface area (Å²) in [5.74, 6) is 0.791. The van der Waals surface area contributed by atoms with Gasteiger partial charge in [0.15, 0.2) is 0 Å². The molecule has 0 unspecified atom stereocenters. The van der Waals surface area contributed by atoms with Crippen LogP contribution in [-0.2, 0) is 0 Å². The fourth-order valence-electron chi connectivity index (χ4n) is 2.65. The van der Waals surface area contributed by atoms with E-state index in [9.17, 15) is 0 Å². The molecule has 3 rings (SSSR count). The topological polar surface area (TPSA) is 63.8 Å². The van der Waals surface area contributed by atoms with Gasteiger partial charge in [-0.3, -0.25) is 4.98 Å². The van der Waals surface area contributed by atoms with Crippen molar-refractivity contribution in [3.63, 3.8) is 0 Å². The Hall–Kier alpha value is -0.870. The van der Waals surface area contributed by atoms with Gasteiger partial charge in [0, 0.05) is 12.1 Å². The van der Waals surface area contributed by atoms with Crippen molar-refractivity contribution in [2.75, 3.05) is 5.32 Å². The largest absolute Gasteiger partial charge is 0.366 e. The number of nitrogens with zero attached hydrogens (tertiary/aromatic N) is 2. The van der Waals surface area contributed by atoms with Gasteiger partial charge in [-0.25, -0.2) is 4.98 Å². The van der Waals surface area contributed by atoms with Crippen molar-refractivity contribution in [1.82, 2.24) is 9.97 Å². The quantitative estimate of drug-likeness (QED) is 0.873. The zero-order valence-electron chi connectivity index (χ0n) is 11.3. The number of nitrogens with one attached hydrogen (secondary N) is 1. The number of hydrogen-bond acceptors (Lipinski definition) is 4. The molecule has 3 N–H and O–H groups in total. The van der Waals surface area contributed by atoms with Gasteiger partial charge < -0.3 is 11.1 Å². The van der Waals surface area contributed by atoms with Crippen LogP contribution in [0.4, 0.5) is 5.82 Å². The van der Waals surface area contributed by atoms with E-state index in [0.29, 0.717) is 17.2 Å². The Kier molecular flexibility index (Phi) is 5.86. The highest BCUT2D eigenvalue weighted by Crippen LogP contribution is 2.21. The lowest BCUT2D eigenvalue weighted by atomic mass is 10.2. The van der Waals surface area contributed by atoms with E-state index in [2.05, 4.69) is 15.3 Å². The van der Waals surface area contributed by atoms with E-state index in [4.69, 9.17) is 17.3 Å². The van der Waals surface area contributed by atoms with Crippen LogP contribution in [0.3, 0.4) is 0 Å². The number of halogens is 1. The molecule has 1 heterocycles. The highest BCUT2D eigenvalue weighted by atomic mass is 35.5. The number of anilines is 1. The normalized spacial score (nSPS) is 20.1. The van der Waals surface area contributed by atoms with Gasteiger partial charge in [0.2, 0.25) is 0 Å². The molecule has 106 valence electrons. The van der Waals surface area contributed by atoms with Crippen LogP contribution in [0.25, 0.3) is 0 Å². The third kappa shape index (κ3) is 5.33. The Morgan fingerprint density at radius 2 is 1.68 bits per heavy atom. The van der Waals surface area contributed by atoms with Crippen LogP contribution in [0.5, 0.6) is 0 Å². The Morgan fingerprint density at radius 3 is 2.21 bits per heavy atom. The first-order chi connectivity index (χ1) is 9.24. The van der Waals surface area contributed by atoms with Crippen LogP contribution in [0, 0.1) is 0 Å². The molecule has 0 aliphatic heterocycles. The van der Waals surface area contributed by atoms with Crippen molar-refractivity contribution in [1.29, 1.82) is 0 Å². The predicted octanol–water partition coefficient (Wildman–Crippen LogP) is 3.37. The molecular weight excluding hydrogens is 260 g/mol. The highest BCUT2D eigenvalue weighted by Gasteiger charge is 2.14. The summed E-state index contributed by atoms with van der Waals surface area (Å²) in [4.78, 5) is 8.10. The lowest BCUT2D eigenvalue weighted by Gasteiger charge is -2.11. The van der Waals surface area contributed by atoms with E-state index in [0.717, 1.165) is 5.82 Å². The van der Waals surface area contributed by atoms with Gasteiger partial charge in [0.25, 0.3) is 0 Å². The summed E-state index contributed by atoms with van der Waals surface area (Å²) in [6.45, 7) is 0. The summed E-state index contributed by atoms with van der Waals surface area (Å²) in [7, 11) is 0. The van der Waals surface area contributed by atoms with Crippen LogP contribution in [0.15, 0.2) is 12.4 Å². The van der Waals surface area contributed by atoms with Crippen molar-refractivity contribution in [3.8, 4) is 0 Å². The van der Waals surface area contributed by atoms with E-state index in [-0.39, 0.29) is 0 Å². The molecule has 0 radical (unpaired) electrons. The fraction of sp³-hybridized carbons (Fsp3) is 0.714. The van der Waals surface area contributed by atoms with Gasteiger partial charge in [-0.05, 0) is 25.7 Å². The molecule has 0 saturated heterocycles. The van der Waals surface area contributed by atoms with E-state index >= 15 is 0 Å². The Balaban J connectivity index is 0.000000186. The van der Waals surface area contributed by atoms with E-state index in [1.54, 1.807) is 12.4 Å². The van der Waals surface area contributed by atoms with Gasteiger partial charge in [-0.15, -0.1) is 0 Å². The van der Waals surface area contributed by atoms with Gasteiger partial charge >= 0.3 is 0 Å². The molecule has 0 bridgehead atoms. The summed E-state index contributed by atoms with van der Waals surface area (Å²) in [6.07, 6.45) is 13.6. The van der Waals surface area contributed by atoms with Gasteiger partial charge in [0.05, 0.1) is 12.4 Å². The van der Waals surface area contributed by atoms with Crippen molar-refractivity contribution in [2.45, 2.75) is 63.5 Å². The van der Waals surface area contributed by atoms with Crippen molar-refractivity contribution in [3.05, 3.63) is 17.5 Å². The second-order valence-electron chi connectivity index (χ2n) is 5.40. The molecule has 5 heteroatoms. The first kappa shape index (κ1) is 14.5. The van der Waals surface area contributed by atoms with Gasteiger partial charge in [-0.2, -0.15) is 0 Å². The van der Waals surface area contributed by atoms with Gasteiger partial charge in [-0.1, -0.05) is 37.3 Å². The molecular formula is C14H23ClN4. The molecule has 2 saturated carbocycles. The maximum absolute atomic E-state index is 5.72. The second kappa shape index (κ2) is 7.65. The first-order valence-electron chi connectivity index (χ1n) is 7.23. The molecule has 0 spiro atoms. The van der Waals surface area contributed by atoms with E-state index in [1.807, 2.05) is 0 Å². The molecule has 0 atom stereocenters. The summed E-state index contributed by atoms with van der Waals surface area (Å²) in [5, 5.41) is 3.77. The number of aromatic nitrogens is 2. The molecule has 1 aromatic heterocycles. The number of hydrogen-bond donors (Lipinski definition) is 2. The van der Waals surface area contributed by atoms with Crippen molar-refractivity contribution in [2.24, 2.45) is 5.73 Å². The standard InChI is InChI=1S/C9H12ClN3.C5H11N/c10-8-5-11-6-9(13-8)12-7-3-1-2-4-7;6-5-3-1-2-4-5/h5-7H,1-4H2,(H,12,13);5H,1-4,6H2. The second-order valence-corrected chi connectivity index (χ2v) is 5.78. The van der Waals surface area contributed by atoms with Crippen LogP contribution in [0.1, 0.15) is 51.4 Å². The lowest BCUT2D eigenvalue weighted by Crippen LogP contribution is -2.15. The minimum absolute atomic E-state index is 0.447. The van der Waals surface area contributed by atoms with Crippen molar-refractivity contribution < 1.29 is 0 Å². The summed E-state index contributed by atoms with van der Waals surface area (Å²) >= 11 is 5.72. The van der Waals surface area contributed by atoms with E-state index < -0.39 is 0 Å². The van der Waals surface area contributed by atoms with Crippen LogP contribution in [-0.4, -0.2) is 22.1 Å². The monoisotopic (exact) mass is 282 g/mol. The van der Waals surface area contributed by atoms with E-state index in [1.165, 1.54) is 51.4 Å². The number of rotatable bonds is 2. The summed E-state index contributed by atoms with van der Waals surface area (Å²) < 4.78 is 0. The first-order valence-corrected chi connectivity index (χ1v) is 7.61. The zero-order valence-corrected chi connectivity index (χ0v) is 12.1. The highest BCUT2D eigenvalue weighted by molar-refractivity contribution is 6.29. The average molecular weight is 283 g/mol. The molecule has 0 aromatic carbocycles. The average Bonchev–Trinajstić information content (AvgIpc) is 3.04. The Bertz CT molecular complexity index is 373. The van der Waals surface area contributed by atoms with Crippen LogP contribution in [0.2, 0.25) is 5.15 Å². The van der Waals surface area contributed by atoms with Crippen LogP contribution >= 0.6 is 11.6 Å². The zero-order chi connectivity index (χ0) is 13.5. The predicted molar refractivity (Wildman–Crippen MR) is 79.4 cm³/mol. The summed E-state index contributed by atoms with van der Waals surface area (Å²) in [5.41, 5.74) is 5.53. The maximum atomic E-state index is 5.72. The molecule has 2 aliphatic carbocycles. The molecule has 0 amide bonds. The molecule has 2 fully saturated rings. The molecule has 1 aromatic rings. The molecule has 19 heavy (non-hydrogen) atoms. The Morgan fingerprint density at radius 1 is 1.05 bits per heavy atom. The Labute approximate surface area is 120 Å². The maximum Gasteiger partial charge on any atom is 0.149 e. The fourth-order valence-corrected chi connectivity index (χ4v) is 2.80. The SMILES string of the molecule is Clc1cncc(NC2CCCC2)n1.NC1CCCC1. The number of nitrogens with two attached hydrogens (primary N) is 1. The van der Waals surface area contributed by atoms with Crippen LogP contribution < -0.4 is 11.1 Å².